The molecule has 0 bridgehead atoms. The van der Waals surface area contributed by atoms with Gasteiger partial charge in [-0.2, -0.15) is 0 Å². The Labute approximate surface area is 186 Å². The maximum atomic E-state index is 5.46. The lowest BCUT2D eigenvalue weighted by molar-refractivity contribution is 0.0556. The number of morpholine rings is 1. The molecule has 2 N–H and O–H groups in total. The molecule has 0 aliphatic carbocycles. The molecular weight excluding hydrogens is 388 g/mol. The number of rotatable bonds is 7. The molecule has 3 rings (SSSR count). The van der Waals surface area contributed by atoms with Gasteiger partial charge < -0.3 is 20.3 Å². The Kier molecular flexibility index (Phi) is 8.79. The zero-order valence-corrected chi connectivity index (χ0v) is 19.0. The molecule has 2 saturated heterocycles. The highest BCUT2D eigenvalue weighted by Crippen LogP contribution is 2.18. The molecule has 1 atom stereocenters. The van der Waals surface area contributed by atoms with Crippen molar-refractivity contribution in [1.29, 1.82) is 0 Å². The summed E-state index contributed by atoms with van der Waals surface area (Å²) in [6.45, 7) is 17.1. The molecule has 0 spiro atoms. The van der Waals surface area contributed by atoms with Crippen molar-refractivity contribution in [3.8, 4) is 0 Å². The summed E-state index contributed by atoms with van der Waals surface area (Å²) in [5, 5.41) is 6.97. The Balaban J connectivity index is 1.86. The Bertz CT molecular complexity index is 808. The Morgan fingerprint density at radius 3 is 2.77 bits per heavy atom. The number of allylic oxidation sites excluding steroid dienone is 3. The van der Waals surface area contributed by atoms with E-state index < -0.39 is 0 Å². The number of aliphatic imine (C=N–C) groups is 3. The molecule has 0 radical (unpaired) electrons. The molecule has 31 heavy (non-hydrogen) atoms. The second-order valence-corrected chi connectivity index (χ2v) is 7.91. The molecule has 7 heteroatoms. The Hall–Kier alpha value is -2.51. The quantitative estimate of drug-likeness (QED) is 0.616. The second-order valence-electron chi connectivity index (χ2n) is 7.91. The van der Waals surface area contributed by atoms with Crippen LogP contribution in [0.1, 0.15) is 19.8 Å². The van der Waals surface area contributed by atoms with Crippen LogP contribution >= 0.6 is 0 Å². The van der Waals surface area contributed by atoms with Gasteiger partial charge in [0.25, 0.3) is 0 Å². The summed E-state index contributed by atoms with van der Waals surface area (Å²) in [5.41, 5.74) is 4.49. The van der Waals surface area contributed by atoms with Gasteiger partial charge in [-0.05, 0) is 56.5 Å². The third kappa shape index (κ3) is 6.24. The van der Waals surface area contributed by atoms with Crippen LogP contribution < -0.4 is 10.6 Å². The minimum absolute atomic E-state index is 0.554. The molecule has 0 aromatic heterocycles. The molecule has 0 saturated carbocycles. The highest BCUT2D eigenvalue weighted by Gasteiger charge is 2.24. The van der Waals surface area contributed by atoms with Gasteiger partial charge in [0.2, 0.25) is 0 Å². The standard InChI is InChI=1S/C24H36N6O/c1-5-20(14-18(3)30-10-12-31-13-11-30)21-15-22(25-4)23(27-6-2)24(29-21)28-17-19-8-7-9-26-16-19/h5,14-15,19,26H,1,3,6-13,16-17H2,2,4H3,(H,28,29)/b20-14+,25-22?,27-23?. The first-order chi connectivity index (χ1) is 15.2. The maximum absolute atomic E-state index is 5.46. The fourth-order valence-corrected chi connectivity index (χ4v) is 3.97. The van der Waals surface area contributed by atoms with E-state index in [4.69, 9.17) is 9.73 Å². The molecule has 168 valence electrons. The maximum Gasteiger partial charge on any atom is 0.153 e. The minimum Gasteiger partial charge on any atom is -0.378 e. The summed E-state index contributed by atoms with van der Waals surface area (Å²) in [4.78, 5) is 16.4. The van der Waals surface area contributed by atoms with Crippen LogP contribution in [0.4, 0.5) is 0 Å². The lowest BCUT2D eigenvalue weighted by Crippen LogP contribution is -2.41. The monoisotopic (exact) mass is 424 g/mol. The van der Waals surface area contributed by atoms with Gasteiger partial charge in [0.1, 0.15) is 5.71 Å². The fraction of sp³-hybridized carbons (Fsp3) is 0.542. The summed E-state index contributed by atoms with van der Waals surface area (Å²) in [6.07, 6.45) is 8.35. The molecule has 1 unspecified atom stereocenters. The zero-order valence-electron chi connectivity index (χ0n) is 19.0. The van der Waals surface area contributed by atoms with Gasteiger partial charge in [-0.3, -0.25) is 15.0 Å². The average molecular weight is 425 g/mol. The minimum atomic E-state index is 0.554. The third-order valence-corrected chi connectivity index (χ3v) is 5.74. The summed E-state index contributed by atoms with van der Waals surface area (Å²) >= 11 is 0. The van der Waals surface area contributed by atoms with Gasteiger partial charge in [-0.15, -0.1) is 0 Å². The van der Waals surface area contributed by atoms with E-state index in [1.165, 1.54) is 12.8 Å². The van der Waals surface area contributed by atoms with Crippen molar-refractivity contribution >= 4 is 17.3 Å². The van der Waals surface area contributed by atoms with Crippen molar-refractivity contribution in [2.24, 2.45) is 20.9 Å². The predicted molar refractivity (Wildman–Crippen MR) is 130 cm³/mol. The van der Waals surface area contributed by atoms with E-state index >= 15 is 0 Å². The van der Waals surface area contributed by atoms with Crippen LogP contribution in [0, 0.1) is 5.92 Å². The number of hydrogen-bond acceptors (Lipinski definition) is 6. The van der Waals surface area contributed by atoms with Gasteiger partial charge >= 0.3 is 0 Å². The van der Waals surface area contributed by atoms with Crippen LogP contribution in [0.15, 0.2) is 63.3 Å². The highest BCUT2D eigenvalue weighted by molar-refractivity contribution is 6.71. The highest BCUT2D eigenvalue weighted by atomic mass is 16.5. The van der Waals surface area contributed by atoms with Crippen LogP contribution in [0.2, 0.25) is 0 Å². The lowest BCUT2D eigenvalue weighted by atomic mass is 9.99. The molecule has 7 nitrogen and oxygen atoms in total. The van der Waals surface area contributed by atoms with E-state index in [2.05, 4.69) is 44.8 Å². The number of ether oxygens (including phenoxy) is 1. The first kappa shape index (κ1) is 23.2. The largest absolute Gasteiger partial charge is 0.378 e. The van der Waals surface area contributed by atoms with E-state index in [9.17, 15) is 0 Å². The molecule has 0 aromatic carbocycles. The van der Waals surface area contributed by atoms with Gasteiger partial charge in [0.15, 0.2) is 5.84 Å². The van der Waals surface area contributed by atoms with Crippen LogP contribution in [0.3, 0.4) is 0 Å². The topological polar surface area (TPSA) is 73.6 Å². The fourth-order valence-electron chi connectivity index (χ4n) is 3.97. The first-order valence-electron chi connectivity index (χ1n) is 11.3. The van der Waals surface area contributed by atoms with Crippen molar-refractivity contribution in [1.82, 2.24) is 15.5 Å². The van der Waals surface area contributed by atoms with E-state index in [1.807, 2.05) is 19.1 Å². The van der Waals surface area contributed by atoms with Crippen molar-refractivity contribution in [3.05, 3.63) is 48.4 Å². The molecule has 0 amide bonds. The molecular formula is C24H36N6O. The normalized spacial score (nSPS) is 26.7. The summed E-state index contributed by atoms with van der Waals surface area (Å²) in [7, 11) is 1.80. The zero-order chi connectivity index (χ0) is 22.1. The molecule has 3 heterocycles. The second kappa shape index (κ2) is 11.8. The van der Waals surface area contributed by atoms with Gasteiger partial charge in [-0.25, -0.2) is 0 Å². The van der Waals surface area contributed by atoms with Gasteiger partial charge in [-0.1, -0.05) is 19.2 Å². The summed E-state index contributed by atoms with van der Waals surface area (Å²) in [5.74, 6) is 1.34. The van der Waals surface area contributed by atoms with E-state index in [1.54, 1.807) is 7.05 Å². The van der Waals surface area contributed by atoms with Crippen LogP contribution in [0.5, 0.6) is 0 Å². The van der Waals surface area contributed by atoms with Crippen molar-refractivity contribution in [3.63, 3.8) is 0 Å². The molecule has 3 aliphatic rings. The number of amidine groups is 1. The Morgan fingerprint density at radius 1 is 1.32 bits per heavy atom. The van der Waals surface area contributed by atoms with Gasteiger partial charge in [0, 0.05) is 44.6 Å². The smallest absolute Gasteiger partial charge is 0.153 e. The molecule has 0 aromatic rings. The van der Waals surface area contributed by atoms with Gasteiger partial charge in [0.05, 0.1) is 18.9 Å². The lowest BCUT2D eigenvalue weighted by Gasteiger charge is -2.30. The predicted octanol–water partition coefficient (Wildman–Crippen LogP) is 2.36. The van der Waals surface area contributed by atoms with E-state index in [0.29, 0.717) is 12.5 Å². The first-order valence-corrected chi connectivity index (χ1v) is 11.3. The molecule has 2 fully saturated rings. The number of hydrogen-bond donors (Lipinski definition) is 2. The van der Waals surface area contributed by atoms with Crippen molar-refractivity contribution < 1.29 is 4.74 Å². The summed E-state index contributed by atoms with van der Waals surface area (Å²) in [6, 6.07) is 0. The number of nitrogens with zero attached hydrogens (tertiary/aromatic N) is 4. The van der Waals surface area contributed by atoms with Crippen molar-refractivity contribution in [2.75, 3.05) is 59.5 Å². The SMILES string of the molecule is C=C/C(=C\C(=C)N1CCOCC1)C1=CC(=NC)C(=NCC)C(=NCC2CCCNC2)N1. The average Bonchev–Trinajstić information content (AvgIpc) is 2.83. The van der Waals surface area contributed by atoms with E-state index in [0.717, 1.165) is 80.2 Å². The molecule has 3 aliphatic heterocycles. The summed E-state index contributed by atoms with van der Waals surface area (Å²) < 4.78 is 5.46. The number of piperidine rings is 1. The van der Waals surface area contributed by atoms with Crippen molar-refractivity contribution in [2.45, 2.75) is 19.8 Å². The number of nitrogens with one attached hydrogen (secondary N) is 2. The van der Waals surface area contributed by atoms with Crippen LogP contribution in [-0.2, 0) is 4.74 Å². The van der Waals surface area contributed by atoms with Crippen LogP contribution in [-0.4, -0.2) is 81.7 Å². The Morgan fingerprint density at radius 2 is 2.13 bits per heavy atom. The van der Waals surface area contributed by atoms with E-state index in [-0.39, 0.29) is 0 Å². The van der Waals surface area contributed by atoms with Crippen LogP contribution in [0.25, 0.3) is 0 Å². The third-order valence-electron chi connectivity index (χ3n) is 5.74.